The van der Waals surface area contributed by atoms with Crippen molar-refractivity contribution in [2.24, 2.45) is 0 Å². The predicted octanol–water partition coefficient (Wildman–Crippen LogP) is -6.12. The normalized spacial score (nSPS) is 7.62. The van der Waals surface area contributed by atoms with Crippen molar-refractivity contribution in [3.05, 3.63) is 0 Å². The molecule has 0 amide bonds. The number of nitrogens with zero attached hydrogens (tertiary/aromatic N) is 1. The van der Waals surface area contributed by atoms with Crippen LogP contribution < -0.4 is 48.4 Å². The molecule has 0 aromatic heterocycles. The molecular formula is CH4LiNNaO3P. The van der Waals surface area contributed by atoms with Gasteiger partial charge in [-0.05, 0) is 0 Å². The van der Waals surface area contributed by atoms with Gasteiger partial charge in [0.15, 0.2) is 5.81 Å². The van der Waals surface area contributed by atoms with Crippen LogP contribution in [0.4, 0.5) is 0 Å². The molecule has 0 fully saturated rings. The topological polar surface area (TPSA) is 81.3 Å². The molecule has 0 aliphatic carbocycles. The van der Waals surface area contributed by atoms with E-state index in [4.69, 9.17) is 15.0 Å². The SMILES string of the molecule is N#CP(=O)(O)O.[H-].[H-].[Li+].[Na+]. The minimum Gasteiger partial charge on any atom is -1.00 e. The Morgan fingerprint density at radius 1 is 1.62 bits per heavy atom. The molecule has 38 valence electrons. The Hall–Kier alpha value is 1.24. The van der Waals surface area contributed by atoms with E-state index in [1.54, 1.807) is 0 Å². The molecule has 8 heavy (non-hydrogen) atoms. The predicted molar refractivity (Wildman–Crippen MR) is 19.9 cm³/mol. The Balaban J connectivity index is -0.0000000208. The summed E-state index contributed by atoms with van der Waals surface area (Å²) in [6, 6.07) is 0. The summed E-state index contributed by atoms with van der Waals surface area (Å²) in [5.41, 5.74) is 0. The quantitative estimate of drug-likeness (QED) is 0.258. The maximum absolute atomic E-state index is 9.33. The van der Waals surface area contributed by atoms with Gasteiger partial charge in [0.2, 0.25) is 0 Å². The third-order valence-corrected chi connectivity index (χ3v) is 0.391. The van der Waals surface area contributed by atoms with Gasteiger partial charge in [0.05, 0.1) is 0 Å². The molecular weight excluding hydrogens is 135 g/mol. The number of nitriles is 1. The number of rotatable bonds is 0. The van der Waals surface area contributed by atoms with Crippen LogP contribution in [0.5, 0.6) is 0 Å². The fourth-order valence-corrected chi connectivity index (χ4v) is 0. The van der Waals surface area contributed by atoms with Gasteiger partial charge in [-0.15, -0.1) is 0 Å². The smallest absolute Gasteiger partial charge is 1.00 e. The summed E-state index contributed by atoms with van der Waals surface area (Å²) in [6.45, 7) is 0. The molecule has 0 unspecified atom stereocenters. The van der Waals surface area contributed by atoms with Crippen LogP contribution in [-0.4, -0.2) is 9.79 Å². The monoisotopic (exact) mass is 139 g/mol. The van der Waals surface area contributed by atoms with Crippen LogP contribution in [0.2, 0.25) is 0 Å². The number of hydrogen-bond donors (Lipinski definition) is 2. The van der Waals surface area contributed by atoms with Gasteiger partial charge >= 0.3 is 56.0 Å². The van der Waals surface area contributed by atoms with Gasteiger partial charge < -0.3 is 12.6 Å². The maximum atomic E-state index is 9.33. The van der Waals surface area contributed by atoms with E-state index in [2.05, 4.69) is 0 Å². The molecule has 0 aliphatic heterocycles. The van der Waals surface area contributed by atoms with Gasteiger partial charge in [0.1, 0.15) is 0 Å². The molecule has 0 spiro atoms. The van der Waals surface area contributed by atoms with Crippen LogP contribution in [0.15, 0.2) is 0 Å². The zero-order valence-electron chi connectivity index (χ0n) is 6.70. The van der Waals surface area contributed by atoms with E-state index in [-0.39, 0.29) is 51.3 Å². The Kier molecular flexibility index (Phi) is 12.8. The molecule has 0 radical (unpaired) electrons. The van der Waals surface area contributed by atoms with Crippen molar-refractivity contribution < 1.29 is 65.6 Å². The van der Waals surface area contributed by atoms with E-state index in [0.29, 0.717) is 0 Å². The minimum atomic E-state index is -4.34. The first kappa shape index (κ1) is 16.1. The Morgan fingerprint density at radius 2 is 1.75 bits per heavy atom. The molecule has 0 aliphatic rings. The molecule has 0 heterocycles. The van der Waals surface area contributed by atoms with Crippen molar-refractivity contribution in [2.45, 2.75) is 0 Å². The van der Waals surface area contributed by atoms with Gasteiger partial charge in [-0.2, -0.15) is 5.26 Å². The molecule has 0 bridgehead atoms. The van der Waals surface area contributed by atoms with Crippen molar-refractivity contribution in [1.82, 2.24) is 0 Å². The summed E-state index contributed by atoms with van der Waals surface area (Å²) in [5, 5.41) is 7.39. The third-order valence-electron chi connectivity index (χ3n) is 0.130. The van der Waals surface area contributed by atoms with E-state index in [1.807, 2.05) is 0 Å². The third kappa shape index (κ3) is 15.7. The second kappa shape index (κ2) is 6.36. The summed E-state index contributed by atoms with van der Waals surface area (Å²) in [7, 11) is -4.34. The van der Waals surface area contributed by atoms with Crippen molar-refractivity contribution >= 4 is 7.60 Å². The van der Waals surface area contributed by atoms with E-state index in [0.717, 1.165) is 5.81 Å². The van der Waals surface area contributed by atoms with Gasteiger partial charge in [-0.25, -0.2) is 4.57 Å². The van der Waals surface area contributed by atoms with Crippen molar-refractivity contribution in [3.8, 4) is 5.81 Å². The van der Waals surface area contributed by atoms with Gasteiger partial charge in [-0.1, -0.05) is 0 Å². The summed E-state index contributed by atoms with van der Waals surface area (Å²) >= 11 is 0. The van der Waals surface area contributed by atoms with Crippen LogP contribution in [0.3, 0.4) is 0 Å². The maximum Gasteiger partial charge on any atom is 1.00 e. The zero-order chi connectivity index (χ0) is 5.21. The molecule has 4 nitrogen and oxygen atoms in total. The molecule has 0 atom stereocenters. The van der Waals surface area contributed by atoms with Gasteiger partial charge in [-0.3, -0.25) is 0 Å². The summed E-state index contributed by atoms with van der Waals surface area (Å²) < 4.78 is 9.33. The van der Waals surface area contributed by atoms with Crippen LogP contribution in [0.25, 0.3) is 0 Å². The fourth-order valence-electron chi connectivity index (χ4n) is 0. The summed E-state index contributed by atoms with van der Waals surface area (Å²) in [4.78, 5) is 15.2. The molecule has 0 rings (SSSR count). The van der Waals surface area contributed by atoms with Crippen molar-refractivity contribution in [3.63, 3.8) is 0 Å². The average molecular weight is 139 g/mol. The van der Waals surface area contributed by atoms with E-state index in [1.165, 1.54) is 0 Å². The second-order valence-electron chi connectivity index (χ2n) is 0.644. The van der Waals surface area contributed by atoms with E-state index in [9.17, 15) is 4.57 Å². The van der Waals surface area contributed by atoms with Gasteiger partial charge in [0, 0.05) is 0 Å². The van der Waals surface area contributed by atoms with Crippen molar-refractivity contribution in [2.75, 3.05) is 0 Å². The average Bonchev–Trinajstić information content (AvgIpc) is 1.35. The first-order valence-electron chi connectivity index (χ1n) is 1.03. The van der Waals surface area contributed by atoms with Crippen LogP contribution >= 0.6 is 7.60 Å². The number of hydrogen-bond acceptors (Lipinski definition) is 2. The largest absolute Gasteiger partial charge is 1.00 e. The Bertz CT molecular complexity index is 133. The van der Waals surface area contributed by atoms with Crippen molar-refractivity contribution in [1.29, 1.82) is 5.26 Å². The molecule has 0 saturated carbocycles. The molecule has 0 saturated heterocycles. The van der Waals surface area contributed by atoms with Crippen LogP contribution in [-0.2, 0) is 4.57 Å². The summed E-state index contributed by atoms with van der Waals surface area (Å²) in [5.74, 6) is 0.771. The summed E-state index contributed by atoms with van der Waals surface area (Å²) in [6.07, 6.45) is 0. The Morgan fingerprint density at radius 3 is 1.75 bits per heavy atom. The molecule has 0 aromatic carbocycles. The van der Waals surface area contributed by atoms with E-state index >= 15 is 0 Å². The Labute approximate surface area is 83.9 Å². The fraction of sp³-hybridized carbons (Fsp3) is 0. The molecule has 2 N–H and O–H groups in total. The molecule has 0 aromatic rings. The zero-order valence-corrected chi connectivity index (χ0v) is 7.59. The first-order chi connectivity index (χ1) is 2.56. The molecule has 7 heteroatoms. The second-order valence-corrected chi connectivity index (χ2v) is 1.93. The van der Waals surface area contributed by atoms with Crippen LogP contribution in [0, 0.1) is 11.1 Å². The standard InChI is InChI=1S/CH2NO3P.Li.Na.2H/c2-1-6(3,4)5;;;;/h(H2,3,4,5);;;;/q;2*+1;2*-1. The van der Waals surface area contributed by atoms with E-state index < -0.39 is 7.60 Å². The minimum absolute atomic E-state index is 0. The first-order valence-corrected chi connectivity index (χ1v) is 2.64. The van der Waals surface area contributed by atoms with Crippen LogP contribution in [0.1, 0.15) is 2.85 Å². The van der Waals surface area contributed by atoms with Gasteiger partial charge in [0.25, 0.3) is 0 Å².